The van der Waals surface area contributed by atoms with Crippen molar-refractivity contribution in [2.24, 2.45) is 0 Å². The predicted molar refractivity (Wildman–Crippen MR) is 78.3 cm³/mol. The third-order valence-electron chi connectivity index (χ3n) is 2.84. The first kappa shape index (κ1) is 15.9. The minimum atomic E-state index is -0.545. The van der Waals surface area contributed by atoms with Gasteiger partial charge in [0.2, 0.25) is 0 Å². The lowest BCUT2D eigenvalue weighted by atomic mass is 10.2. The fourth-order valence-electron chi connectivity index (χ4n) is 1.84. The molecular formula is C15H12Cl2F2O2. The van der Waals surface area contributed by atoms with Crippen molar-refractivity contribution in [2.45, 2.75) is 12.5 Å². The molecule has 21 heavy (non-hydrogen) atoms. The van der Waals surface area contributed by atoms with Crippen LogP contribution in [-0.4, -0.2) is 7.11 Å². The Morgan fingerprint density at radius 2 is 1.86 bits per heavy atom. The summed E-state index contributed by atoms with van der Waals surface area (Å²) < 4.78 is 37.4. The first-order valence-electron chi connectivity index (χ1n) is 6.04. The van der Waals surface area contributed by atoms with Crippen molar-refractivity contribution in [3.63, 3.8) is 0 Å². The molecule has 0 bridgehead atoms. The van der Waals surface area contributed by atoms with Crippen LogP contribution in [0.5, 0.6) is 11.5 Å². The van der Waals surface area contributed by atoms with Gasteiger partial charge >= 0.3 is 0 Å². The van der Waals surface area contributed by atoms with E-state index in [2.05, 4.69) is 0 Å². The highest BCUT2D eigenvalue weighted by molar-refractivity contribution is 6.31. The van der Waals surface area contributed by atoms with Gasteiger partial charge < -0.3 is 9.47 Å². The number of benzene rings is 2. The van der Waals surface area contributed by atoms with Crippen molar-refractivity contribution >= 4 is 23.2 Å². The van der Waals surface area contributed by atoms with Gasteiger partial charge in [-0.05, 0) is 24.3 Å². The SMILES string of the molecule is COc1cc(Cl)cc(CCl)c1OCc1cc(F)ccc1F. The largest absolute Gasteiger partial charge is 0.493 e. The molecule has 0 aliphatic carbocycles. The topological polar surface area (TPSA) is 18.5 Å². The van der Waals surface area contributed by atoms with Gasteiger partial charge in [-0.25, -0.2) is 8.78 Å². The van der Waals surface area contributed by atoms with Crippen LogP contribution in [0.15, 0.2) is 30.3 Å². The maximum absolute atomic E-state index is 13.6. The molecule has 2 aromatic carbocycles. The first-order valence-corrected chi connectivity index (χ1v) is 6.95. The van der Waals surface area contributed by atoms with E-state index in [1.165, 1.54) is 7.11 Å². The summed E-state index contributed by atoms with van der Waals surface area (Å²) in [6.45, 7) is -0.147. The molecule has 0 saturated carbocycles. The average Bonchev–Trinajstić information content (AvgIpc) is 2.48. The minimum Gasteiger partial charge on any atom is -0.493 e. The van der Waals surface area contributed by atoms with Gasteiger partial charge in [0.05, 0.1) is 13.0 Å². The monoisotopic (exact) mass is 332 g/mol. The maximum atomic E-state index is 13.6. The summed E-state index contributed by atoms with van der Waals surface area (Å²) in [6, 6.07) is 6.38. The Morgan fingerprint density at radius 3 is 2.52 bits per heavy atom. The summed E-state index contributed by atoms with van der Waals surface area (Å²) in [5.41, 5.74) is 0.713. The molecule has 2 rings (SSSR count). The highest BCUT2D eigenvalue weighted by Crippen LogP contribution is 2.36. The van der Waals surface area contributed by atoms with E-state index in [0.717, 1.165) is 18.2 Å². The standard InChI is InChI=1S/C15H12Cl2F2O2/c1-20-14-6-11(17)4-9(7-16)15(14)21-8-10-5-12(18)2-3-13(10)19/h2-6H,7-8H2,1H3. The summed E-state index contributed by atoms with van der Waals surface area (Å²) in [7, 11) is 1.46. The maximum Gasteiger partial charge on any atom is 0.166 e. The molecular weight excluding hydrogens is 321 g/mol. The molecule has 0 spiro atoms. The lowest BCUT2D eigenvalue weighted by Gasteiger charge is -2.15. The van der Waals surface area contributed by atoms with Crippen LogP contribution in [-0.2, 0) is 12.5 Å². The van der Waals surface area contributed by atoms with Gasteiger partial charge in [0.25, 0.3) is 0 Å². The number of halogens is 4. The third kappa shape index (κ3) is 3.77. The molecule has 0 N–H and O–H groups in total. The van der Waals surface area contributed by atoms with E-state index in [9.17, 15) is 8.78 Å². The molecule has 0 aromatic heterocycles. The summed E-state index contributed by atoms with van der Waals surface area (Å²) in [5.74, 6) is -0.180. The second kappa shape index (κ2) is 6.96. The van der Waals surface area contributed by atoms with Crippen molar-refractivity contribution in [2.75, 3.05) is 7.11 Å². The molecule has 0 heterocycles. The van der Waals surface area contributed by atoms with E-state index in [4.69, 9.17) is 32.7 Å². The Balaban J connectivity index is 2.29. The van der Waals surface area contributed by atoms with Crippen LogP contribution in [0.1, 0.15) is 11.1 Å². The van der Waals surface area contributed by atoms with Crippen LogP contribution in [0.4, 0.5) is 8.78 Å². The van der Waals surface area contributed by atoms with Crippen molar-refractivity contribution in [3.05, 3.63) is 58.1 Å². The molecule has 2 aromatic rings. The van der Waals surface area contributed by atoms with Crippen molar-refractivity contribution < 1.29 is 18.3 Å². The summed E-state index contributed by atoms with van der Waals surface area (Å²) >= 11 is 11.8. The molecule has 112 valence electrons. The lowest BCUT2D eigenvalue weighted by Crippen LogP contribution is -2.03. The Hall–Kier alpha value is -1.52. The van der Waals surface area contributed by atoms with Gasteiger partial charge in [-0.15, -0.1) is 11.6 Å². The van der Waals surface area contributed by atoms with Gasteiger partial charge in [0, 0.05) is 22.2 Å². The van der Waals surface area contributed by atoms with E-state index < -0.39 is 11.6 Å². The van der Waals surface area contributed by atoms with Crippen LogP contribution >= 0.6 is 23.2 Å². The normalized spacial score (nSPS) is 10.5. The number of methoxy groups -OCH3 is 1. The van der Waals surface area contributed by atoms with E-state index in [1.54, 1.807) is 12.1 Å². The molecule has 0 atom stereocenters. The van der Waals surface area contributed by atoms with E-state index >= 15 is 0 Å². The molecule has 0 unspecified atom stereocenters. The van der Waals surface area contributed by atoms with Gasteiger partial charge in [-0.1, -0.05) is 11.6 Å². The van der Waals surface area contributed by atoms with Crippen LogP contribution < -0.4 is 9.47 Å². The van der Waals surface area contributed by atoms with Crippen LogP contribution in [0.3, 0.4) is 0 Å². The molecule has 0 amide bonds. The van der Waals surface area contributed by atoms with E-state index in [-0.39, 0.29) is 18.1 Å². The molecule has 0 radical (unpaired) electrons. The van der Waals surface area contributed by atoms with Gasteiger partial charge in [-0.2, -0.15) is 0 Å². The second-order valence-electron chi connectivity index (χ2n) is 4.25. The molecule has 2 nitrogen and oxygen atoms in total. The van der Waals surface area contributed by atoms with Crippen LogP contribution in [0.25, 0.3) is 0 Å². The van der Waals surface area contributed by atoms with E-state index in [0.29, 0.717) is 22.1 Å². The highest BCUT2D eigenvalue weighted by atomic mass is 35.5. The molecule has 6 heteroatoms. The van der Waals surface area contributed by atoms with Crippen molar-refractivity contribution in [3.8, 4) is 11.5 Å². The fraction of sp³-hybridized carbons (Fsp3) is 0.200. The van der Waals surface area contributed by atoms with Crippen LogP contribution in [0, 0.1) is 11.6 Å². The molecule has 0 aliphatic heterocycles. The van der Waals surface area contributed by atoms with E-state index in [1.807, 2.05) is 0 Å². The molecule has 0 aliphatic rings. The predicted octanol–water partition coefficient (Wildman–Crippen LogP) is 4.94. The Kier molecular flexibility index (Phi) is 5.26. The number of hydrogen-bond acceptors (Lipinski definition) is 2. The summed E-state index contributed by atoms with van der Waals surface area (Å²) in [5, 5.41) is 0.451. The molecule has 0 fully saturated rings. The fourth-order valence-corrected chi connectivity index (χ4v) is 2.27. The quantitative estimate of drug-likeness (QED) is 0.721. The highest BCUT2D eigenvalue weighted by Gasteiger charge is 2.14. The first-order chi connectivity index (χ1) is 10.0. The second-order valence-corrected chi connectivity index (χ2v) is 4.96. The Labute approximate surface area is 131 Å². The van der Waals surface area contributed by atoms with Gasteiger partial charge in [0.15, 0.2) is 11.5 Å². The number of hydrogen-bond donors (Lipinski definition) is 0. The summed E-state index contributed by atoms with van der Waals surface area (Å²) in [6.07, 6.45) is 0. The Bertz CT molecular complexity index is 623. The number of alkyl halides is 1. The number of rotatable bonds is 5. The number of ether oxygens (including phenoxy) is 2. The van der Waals surface area contributed by atoms with Gasteiger partial charge in [-0.3, -0.25) is 0 Å². The average molecular weight is 333 g/mol. The minimum absolute atomic E-state index is 0.104. The third-order valence-corrected chi connectivity index (χ3v) is 3.35. The zero-order valence-corrected chi connectivity index (χ0v) is 12.6. The zero-order chi connectivity index (χ0) is 15.4. The van der Waals surface area contributed by atoms with Gasteiger partial charge in [0.1, 0.15) is 18.2 Å². The Morgan fingerprint density at radius 1 is 1.10 bits per heavy atom. The summed E-state index contributed by atoms with van der Waals surface area (Å²) in [4.78, 5) is 0. The van der Waals surface area contributed by atoms with Crippen molar-refractivity contribution in [1.29, 1.82) is 0 Å². The van der Waals surface area contributed by atoms with Crippen LogP contribution in [0.2, 0.25) is 5.02 Å². The lowest BCUT2D eigenvalue weighted by molar-refractivity contribution is 0.277. The molecule has 0 saturated heterocycles. The van der Waals surface area contributed by atoms with Crippen molar-refractivity contribution in [1.82, 2.24) is 0 Å². The zero-order valence-electron chi connectivity index (χ0n) is 11.1. The smallest absolute Gasteiger partial charge is 0.166 e.